The lowest BCUT2D eigenvalue weighted by Crippen LogP contribution is -2.18. The molecule has 0 spiro atoms. The van der Waals surface area contributed by atoms with E-state index in [1.807, 2.05) is 29.7 Å². The van der Waals surface area contributed by atoms with Gasteiger partial charge in [0.1, 0.15) is 17.0 Å². The molecule has 144 valence electrons. The predicted octanol–water partition coefficient (Wildman–Crippen LogP) is 3.07. The molecular formula is C20H20N4O3S. The second kappa shape index (κ2) is 7.17. The largest absolute Gasteiger partial charge is 0.480 e. The zero-order chi connectivity index (χ0) is 19.7. The Balaban J connectivity index is 1.75. The summed E-state index contributed by atoms with van der Waals surface area (Å²) < 4.78 is 34.5. The molecule has 3 aromatic rings. The third kappa shape index (κ3) is 3.53. The molecule has 1 saturated carbocycles. The highest BCUT2D eigenvalue weighted by Crippen LogP contribution is 2.34. The summed E-state index contributed by atoms with van der Waals surface area (Å²) >= 11 is 0. The maximum Gasteiger partial charge on any atom is 0.238 e. The van der Waals surface area contributed by atoms with Gasteiger partial charge in [0, 0.05) is 29.9 Å². The van der Waals surface area contributed by atoms with E-state index < -0.39 is 10.0 Å². The summed E-state index contributed by atoms with van der Waals surface area (Å²) in [6, 6.07) is 5.55. The number of imidazole rings is 1. The van der Waals surface area contributed by atoms with Crippen LogP contribution >= 0.6 is 0 Å². The molecule has 0 aliphatic heterocycles. The minimum atomic E-state index is -3.42. The number of anilines is 1. The van der Waals surface area contributed by atoms with Gasteiger partial charge in [-0.2, -0.15) is 0 Å². The van der Waals surface area contributed by atoms with Crippen molar-refractivity contribution >= 4 is 21.4 Å². The summed E-state index contributed by atoms with van der Waals surface area (Å²) in [5, 5.41) is -0.331. The average molecular weight is 396 g/mol. The Hall–Kier alpha value is -3.05. The highest BCUT2D eigenvalue weighted by Gasteiger charge is 2.36. The van der Waals surface area contributed by atoms with E-state index in [-0.39, 0.29) is 11.1 Å². The molecule has 28 heavy (non-hydrogen) atoms. The molecule has 1 fully saturated rings. The van der Waals surface area contributed by atoms with E-state index in [1.165, 1.54) is 7.11 Å². The van der Waals surface area contributed by atoms with Gasteiger partial charge in [-0.1, -0.05) is 12.8 Å². The van der Waals surface area contributed by atoms with Gasteiger partial charge < -0.3 is 4.74 Å². The van der Waals surface area contributed by atoms with Crippen LogP contribution in [0.25, 0.3) is 16.8 Å². The van der Waals surface area contributed by atoms with Crippen molar-refractivity contribution in [1.29, 1.82) is 0 Å². The lowest BCUT2D eigenvalue weighted by Gasteiger charge is -2.12. The van der Waals surface area contributed by atoms with Crippen LogP contribution in [0, 0.1) is 11.8 Å². The highest BCUT2D eigenvalue weighted by atomic mass is 32.2. The topological polar surface area (TPSA) is 85.6 Å². The summed E-state index contributed by atoms with van der Waals surface area (Å²) in [6.45, 7) is 1.99. The van der Waals surface area contributed by atoms with Gasteiger partial charge >= 0.3 is 0 Å². The van der Waals surface area contributed by atoms with Crippen LogP contribution in [0.15, 0.2) is 36.8 Å². The van der Waals surface area contributed by atoms with E-state index in [0.717, 1.165) is 28.9 Å². The van der Waals surface area contributed by atoms with Crippen LogP contribution in [0.3, 0.4) is 0 Å². The fourth-order valence-electron chi connectivity index (χ4n) is 2.88. The number of pyridine rings is 2. The number of hydrogen-bond donors (Lipinski definition) is 1. The highest BCUT2D eigenvalue weighted by molar-refractivity contribution is 7.93. The summed E-state index contributed by atoms with van der Waals surface area (Å²) in [6.07, 6.45) is 7.45. The molecule has 0 saturated heterocycles. The van der Waals surface area contributed by atoms with Gasteiger partial charge in [-0.25, -0.2) is 18.4 Å². The quantitative estimate of drug-likeness (QED) is 0.670. The van der Waals surface area contributed by atoms with E-state index in [1.54, 1.807) is 18.5 Å². The van der Waals surface area contributed by atoms with E-state index in [2.05, 4.69) is 26.5 Å². The lowest BCUT2D eigenvalue weighted by atomic mass is 10.1. The summed E-state index contributed by atoms with van der Waals surface area (Å²) in [5.74, 6) is 6.39. The molecule has 1 aliphatic rings. The third-order valence-corrected chi connectivity index (χ3v) is 6.35. The maximum absolute atomic E-state index is 12.3. The number of methoxy groups -OCH3 is 1. The number of hydrogen-bond acceptors (Lipinski definition) is 5. The van der Waals surface area contributed by atoms with Gasteiger partial charge in [-0.3, -0.25) is 9.12 Å². The van der Waals surface area contributed by atoms with E-state index >= 15 is 0 Å². The number of sulfonamides is 1. The number of ether oxygens (including phenoxy) is 1. The van der Waals surface area contributed by atoms with Gasteiger partial charge in [0.2, 0.25) is 15.9 Å². The lowest BCUT2D eigenvalue weighted by molar-refractivity contribution is 0.400. The minimum Gasteiger partial charge on any atom is -0.480 e. The molecule has 8 heteroatoms. The Bertz CT molecular complexity index is 1200. The van der Waals surface area contributed by atoms with Crippen LogP contribution < -0.4 is 9.46 Å². The molecule has 3 heterocycles. The zero-order valence-corrected chi connectivity index (χ0v) is 16.5. The van der Waals surface area contributed by atoms with Gasteiger partial charge in [-0.15, -0.1) is 0 Å². The van der Waals surface area contributed by atoms with Crippen LogP contribution in [-0.4, -0.2) is 35.1 Å². The van der Waals surface area contributed by atoms with Crippen molar-refractivity contribution in [3.8, 4) is 28.8 Å². The first kappa shape index (κ1) is 18.3. The minimum absolute atomic E-state index is 0.242. The average Bonchev–Trinajstić information content (AvgIpc) is 3.48. The molecule has 7 nitrogen and oxygen atoms in total. The Kier molecular flexibility index (Phi) is 4.69. The van der Waals surface area contributed by atoms with Crippen LogP contribution in [0.2, 0.25) is 0 Å². The van der Waals surface area contributed by atoms with E-state index in [9.17, 15) is 8.42 Å². The monoisotopic (exact) mass is 396 g/mol. The van der Waals surface area contributed by atoms with Gasteiger partial charge in [0.25, 0.3) is 0 Å². The fourth-order valence-corrected chi connectivity index (χ4v) is 4.26. The predicted molar refractivity (Wildman–Crippen MR) is 108 cm³/mol. The van der Waals surface area contributed by atoms with Gasteiger partial charge in [0.05, 0.1) is 18.6 Å². The molecule has 0 bridgehead atoms. The first-order valence-corrected chi connectivity index (χ1v) is 10.6. The van der Waals surface area contributed by atoms with Crippen molar-refractivity contribution in [3.05, 3.63) is 42.5 Å². The first-order chi connectivity index (χ1) is 13.5. The van der Waals surface area contributed by atoms with Crippen molar-refractivity contribution in [2.75, 3.05) is 11.8 Å². The van der Waals surface area contributed by atoms with Crippen LogP contribution in [0.5, 0.6) is 5.88 Å². The molecule has 0 unspecified atom stereocenters. The van der Waals surface area contributed by atoms with Gasteiger partial charge in [-0.05, 0) is 37.0 Å². The number of aromatic nitrogens is 3. The maximum atomic E-state index is 12.3. The van der Waals surface area contributed by atoms with Crippen molar-refractivity contribution in [1.82, 2.24) is 14.4 Å². The summed E-state index contributed by atoms with van der Waals surface area (Å²) in [5.41, 5.74) is 3.56. The Morgan fingerprint density at radius 2 is 2.07 bits per heavy atom. The number of fused-ring (bicyclic) bond motifs is 1. The normalized spacial score (nSPS) is 13.8. The van der Waals surface area contributed by atoms with Crippen molar-refractivity contribution in [2.24, 2.45) is 0 Å². The number of nitrogens with zero attached hydrogens (tertiary/aromatic N) is 3. The van der Waals surface area contributed by atoms with Gasteiger partial charge in [0.15, 0.2) is 0 Å². The molecule has 1 N–H and O–H groups in total. The Morgan fingerprint density at radius 1 is 1.25 bits per heavy atom. The standard InChI is InChI=1S/C20H20N4O3S/c1-3-4-5-16-12-21-19-9-6-14(13-24(16)19)15-10-18(20(27-2)22-11-15)23-28(25,26)17-7-8-17/h6,9-13,17,23H,3,7-8H2,1-2H3. The van der Waals surface area contributed by atoms with Crippen LogP contribution in [0.1, 0.15) is 31.9 Å². The van der Waals surface area contributed by atoms with Crippen molar-refractivity contribution in [3.63, 3.8) is 0 Å². The molecule has 0 aromatic carbocycles. The van der Waals surface area contributed by atoms with Crippen molar-refractivity contribution < 1.29 is 13.2 Å². The Labute approximate surface area is 163 Å². The van der Waals surface area contributed by atoms with E-state index in [0.29, 0.717) is 18.5 Å². The fraction of sp³-hybridized carbons (Fsp3) is 0.300. The third-order valence-electron chi connectivity index (χ3n) is 4.49. The molecular weight excluding hydrogens is 376 g/mol. The molecule has 1 aliphatic carbocycles. The van der Waals surface area contributed by atoms with Crippen LogP contribution in [0.4, 0.5) is 5.69 Å². The summed E-state index contributed by atoms with van der Waals surface area (Å²) in [7, 11) is -1.95. The molecule has 0 atom stereocenters. The Morgan fingerprint density at radius 3 is 2.79 bits per heavy atom. The van der Waals surface area contributed by atoms with E-state index in [4.69, 9.17) is 4.74 Å². The molecule has 0 radical (unpaired) electrons. The molecule has 0 amide bonds. The second-order valence-corrected chi connectivity index (χ2v) is 8.53. The second-order valence-electron chi connectivity index (χ2n) is 6.57. The molecule has 4 rings (SSSR count). The zero-order valence-electron chi connectivity index (χ0n) is 15.6. The first-order valence-electron chi connectivity index (χ1n) is 9.04. The SMILES string of the molecule is CCC#Cc1cnc2ccc(-c3cnc(OC)c(NS(=O)(=O)C4CC4)c3)cn12. The molecule has 3 aromatic heterocycles. The van der Waals surface area contributed by atoms with Crippen molar-refractivity contribution in [2.45, 2.75) is 31.4 Å². The number of nitrogens with one attached hydrogen (secondary N) is 1. The van der Waals surface area contributed by atoms with Crippen LogP contribution in [-0.2, 0) is 10.0 Å². The smallest absolute Gasteiger partial charge is 0.238 e. The summed E-state index contributed by atoms with van der Waals surface area (Å²) in [4.78, 5) is 8.63. The number of rotatable bonds is 5.